The Hall–Kier alpha value is -2.66. The predicted molar refractivity (Wildman–Crippen MR) is 107 cm³/mol. The van der Waals surface area contributed by atoms with E-state index in [-0.39, 0.29) is 23.8 Å². The summed E-state index contributed by atoms with van der Waals surface area (Å²) in [5.41, 5.74) is 3.00. The molecule has 1 atom stereocenters. The second-order valence-corrected chi connectivity index (χ2v) is 7.33. The Morgan fingerprint density at radius 1 is 1.07 bits per heavy atom. The van der Waals surface area contributed by atoms with Gasteiger partial charge in [-0.25, -0.2) is 0 Å². The van der Waals surface area contributed by atoms with Gasteiger partial charge in [-0.2, -0.15) is 0 Å². The van der Waals surface area contributed by atoms with Crippen molar-refractivity contribution in [3.05, 3.63) is 65.7 Å². The van der Waals surface area contributed by atoms with E-state index >= 15 is 0 Å². The van der Waals surface area contributed by atoms with E-state index in [1.807, 2.05) is 61.3 Å². The van der Waals surface area contributed by atoms with Crippen molar-refractivity contribution in [1.29, 1.82) is 0 Å². The maximum Gasteiger partial charge on any atom is 0.234 e. The van der Waals surface area contributed by atoms with Gasteiger partial charge in [0.2, 0.25) is 11.8 Å². The van der Waals surface area contributed by atoms with Crippen LogP contribution in [0.25, 0.3) is 0 Å². The second kappa shape index (κ2) is 8.82. The molecule has 1 unspecified atom stereocenters. The topological polar surface area (TPSA) is 61.4 Å². The van der Waals surface area contributed by atoms with Crippen molar-refractivity contribution in [2.45, 2.75) is 32.4 Å². The van der Waals surface area contributed by atoms with Gasteiger partial charge in [-0.1, -0.05) is 42.5 Å². The van der Waals surface area contributed by atoms with E-state index in [1.54, 1.807) is 0 Å². The first-order valence-electron chi connectivity index (χ1n) is 9.44. The third-order valence-corrected chi connectivity index (χ3v) is 4.71. The molecular weight excluding hydrogens is 338 g/mol. The van der Waals surface area contributed by atoms with Gasteiger partial charge in [0.25, 0.3) is 0 Å². The molecule has 2 aromatic carbocycles. The maximum absolute atomic E-state index is 12.3. The molecule has 27 heavy (non-hydrogen) atoms. The average molecular weight is 365 g/mol. The highest BCUT2D eigenvalue weighted by molar-refractivity contribution is 5.94. The van der Waals surface area contributed by atoms with Crippen LogP contribution in [0.2, 0.25) is 0 Å². The van der Waals surface area contributed by atoms with Crippen LogP contribution < -0.4 is 10.6 Å². The highest BCUT2D eigenvalue weighted by atomic mass is 16.2. The molecule has 0 aliphatic heterocycles. The molecular formula is C22H27N3O2. The zero-order valence-electron chi connectivity index (χ0n) is 15.9. The van der Waals surface area contributed by atoms with Crippen LogP contribution in [0.1, 0.15) is 36.9 Å². The molecule has 0 spiro atoms. The molecule has 3 rings (SSSR count). The lowest BCUT2D eigenvalue weighted by Gasteiger charge is -2.19. The molecule has 0 bridgehead atoms. The molecule has 1 saturated carbocycles. The highest BCUT2D eigenvalue weighted by Crippen LogP contribution is 2.30. The van der Waals surface area contributed by atoms with Gasteiger partial charge < -0.3 is 10.6 Å². The zero-order chi connectivity index (χ0) is 19.2. The van der Waals surface area contributed by atoms with Gasteiger partial charge in [-0.05, 0) is 50.1 Å². The Kier molecular flexibility index (Phi) is 6.24. The van der Waals surface area contributed by atoms with Crippen LogP contribution in [-0.2, 0) is 16.1 Å². The molecule has 0 aromatic heterocycles. The summed E-state index contributed by atoms with van der Waals surface area (Å²) in [6.07, 6.45) is 1.98. The smallest absolute Gasteiger partial charge is 0.234 e. The van der Waals surface area contributed by atoms with Gasteiger partial charge >= 0.3 is 0 Å². The monoisotopic (exact) mass is 365 g/mol. The molecule has 1 fully saturated rings. The number of likely N-dealkylation sites (N-methyl/N-ethyl adjacent to an activating group) is 1. The van der Waals surface area contributed by atoms with Gasteiger partial charge in [0.15, 0.2) is 0 Å². The van der Waals surface area contributed by atoms with E-state index < -0.39 is 0 Å². The Labute approximate surface area is 160 Å². The van der Waals surface area contributed by atoms with Gasteiger partial charge in [-0.15, -0.1) is 0 Å². The van der Waals surface area contributed by atoms with E-state index in [9.17, 15) is 9.59 Å². The van der Waals surface area contributed by atoms with Crippen LogP contribution in [-0.4, -0.2) is 30.3 Å². The molecule has 1 aliphatic carbocycles. The Balaban J connectivity index is 1.46. The second-order valence-electron chi connectivity index (χ2n) is 7.33. The number of rotatable bonds is 8. The molecule has 1 aliphatic rings. The minimum atomic E-state index is -0.0872. The number of amides is 2. The first-order valence-corrected chi connectivity index (χ1v) is 9.44. The summed E-state index contributed by atoms with van der Waals surface area (Å²) >= 11 is 0. The fourth-order valence-corrected chi connectivity index (χ4v) is 3.01. The number of hydrogen-bond donors (Lipinski definition) is 2. The van der Waals surface area contributed by atoms with Crippen molar-refractivity contribution in [2.24, 2.45) is 5.92 Å². The van der Waals surface area contributed by atoms with Gasteiger partial charge in [0.05, 0.1) is 12.6 Å². The van der Waals surface area contributed by atoms with Gasteiger partial charge in [0.1, 0.15) is 0 Å². The average Bonchev–Trinajstić information content (AvgIpc) is 3.48. The molecule has 2 N–H and O–H groups in total. The molecule has 0 heterocycles. The first-order chi connectivity index (χ1) is 13.0. The fourth-order valence-electron chi connectivity index (χ4n) is 3.01. The summed E-state index contributed by atoms with van der Waals surface area (Å²) < 4.78 is 0. The van der Waals surface area contributed by atoms with Crippen LogP contribution in [0.4, 0.5) is 5.69 Å². The van der Waals surface area contributed by atoms with Crippen molar-refractivity contribution < 1.29 is 9.59 Å². The number of benzene rings is 2. The predicted octanol–water partition coefficient (Wildman–Crippen LogP) is 3.34. The Bertz CT molecular complexity index is 770. The molecule has 0 saturated heterocycles. The standard InChI is InChI=1S/C22H27N3O2/c1-16(18-10-12-20(13-11-18)24-22(27)19-8-9-19)23-21(26)15-25(2)14-17-6-4-3-5-7-17/h3-7,10-13,16,19H,8-9,14-15H2,1-2H3,(H,23,26)(H,24,27). The summed E-state index contributed by atoms with van der Waals surface area (Å²) in [6.45, 7) is 3.04. The van der Waals surface area contributed by atoms with Crippen molar-refractivity contribution in [3.8, 4) is 0 Å². The molecule has 0 radical (unpaired) electrons. The lowest BCUT2D eigenvalue weighted by molar-refractivity contribution is -0.122. The van der Waals surface area contributed by atoms with Gasteiger partial charge in [0, 0.05) is 18.2 Å². The van der Waals surface area contributed by atoms with E-state index in [2.05, 4.69) is 22.8 Å². The van der Waals surface area contributed by atoms with Crippen molar-refractivity contribution in [1.82, 2.24) is 10.2 Å². The van der Waals surface area contributed by atoms with Crippen LogP contribution in [0.5, 0.6) is 0 Å². The third-order valence-electron chi connectivity index (χ3n) is 4.71. The number of carbonyl (C=O) groups is 2. The Morgan fingerprint density at radius 2 is 1.74 bits per heavy atom. The van der Waals surface area contributed by atoms with Crippen LogP contribution in [0, 0.1) is 5.92 Å². The first kappa shape index (κ1) is 19.1. The van der Waals surface area contributed by atoms with E-state index in [0.717, 1.165) is 30.6 Å². The minimum absolute atomic E-state index is 0.00737. The number of carbonyl (C=O) groups excluding carboxylic acids is 2. The lowest BCUT2D eigenvalue weighted by atomic mass is 10.1. The van der Waals surface area contributed by atoms with Gasteiger partial charge in [-0.3, -0.25) is 14.5 Å². The summed E-state index contributed by atoms with van der Waals surface area (Å²) in [7, 11) is 1.94. The van der Waals surface area contributed by atoms with Crippen molar-refractivity contribution in [3.63, 3.8) is 0 Å². The highest BCUT2D eigenvalue weighted by Gasteiger charge is 2.29. The largest absolute Gasteiger partial charge is 0.348 e. The normalized spacial score (nSPS) is 14.6. The van der Waals surface area contributed by atoms with Crippen LogP contribution in [0.15, 0.2) is 54.6 Å². The summed E-state index contributed by atoms with van der Waals surface area (Å²) in [6, 6.07) is 17.7. The Morgan fingerprint density at radius 3 is 2.37 bits per heavy atom. The van der Waals surface area contributed by atoms with Crippen LogP contribution >= 0.6 is 0 Å². The lowest BCUT2D eigenvalue weighted by Crippen LogP contribution is -2.36. The number of nitrogens with one attached hydrogen (secondary N) is 2. The number of anilines is 1. The van der Waals surface area contributed by atoms with E-state index in [4.69, 9.17) is 0 Å². The van der Waals surface area contributed by atoms with Crippen LogP contribution in [0.3, 0.4) is 0 Å². The molecule has 5 nitrogen and oxygen atoms in total. The number of hydrogen-bond acceptors (Lipinski definition) is 3. The van der Waals surface area contributed by atoms with E-state index in [1.165, 1.54) is 5.56 Å². The molecule has 5 heteroatoms. The number of nitrogens with zero attached hydrogens (tertiary/aromatic N) is 1. The SMILES string of the molecule is CC(NC(=O)CN(C)Cc1ccccc1)c1ccc(NC(=O)C2CC2)cc1. The summed E-state index contributed by atoms with van der Waals surface area (Å²) in [4.78, 5) is 26.1. The van der Waals surface area contributed by atoms with E-state index in [0.29, 0.717) is 6.54 Å². The zero-order valence-corrected chi connectivity index (χ0v) is 15.9. The quantitative estimate of drug-likeness (QED) is 0.754. The fraction of sp³-hybridized carbons (Fsp3) is 0.364. The minimum Gasteiger partial charge on any atom is -0.348 e. The maximum atomic E-state index is 12.3. The summed E-state index contributed by atoms with van der Waals surface area (Å²) in [5, 5.41) is 5.96. The van der Waals surface area contributed by atoms with Crippen molar-refractivity contribution >= 4 is 17.5 Å². The molecule has 2 aromatic rings. The molecule has 142 valence electrons. The summed E-state index contributed by atoms with van der Waals surface area (Å²) in [5.74, 6) is 0.286. The third kappa shape index (κ3) is 5.93. The molecule has 2 amide bonds. The van der Waals surface area contributed by atoms with Crippen molar-refractivity contribution in [2.75, 3.05) is 18.9 Å².